The molecule has 2 aliphatic rings. The Morgan fingerprint density at radius 2 is 1.97 bits per heavy atom. The molecule has 0 bridgehead atoms. The molecule has 1 saturated carbocycles. The van der Waals surface area contributed by atoms with Crippen molar-refractivity contribution >= 4 is 29.2 Å². The van der Waals surface area contributed by atoms with Crippen LogP contribution in [0.1, 0.15) is 18.9 Å². The molecule has 3 aromatic rings. The Morgan fingerprint density at radius 3 is 2.66 bits per heavy atom. The van der Waals surface area contributed by atoms with E-state index in [9.17, 15) is 9.18 Å². The van der Waals surface area contributed by atoms with Gasteiger partial charge in [0.15, 0.2) is 17.5 Å². The van der Waals surface area contributed by atoms with E-state index >= 15 is 0 Å². The highest BCUT2D eigenvalue weighted by Gasteiger charge is 2.60. The zero-order valence-electron chi connectivity index (χ0n) is 17.9. The van der Waals surface area contributed by atoms with Crippen LogP contribution in [0.15, 0.2) is 41.9 Å². The summed E-state index contributed by atoms with van der Waals surface area (Å²) in [6.45, 7) is 4.12. The van der Waals surface area contributed by atoms with E-state index in [2.05, 4.69) is 42.3 Å². The maximum Gasteiger partial charge on any atom is 0.247 e. The first-order valence-electron chi connectivity index (χ1n) is 10.4. The summed E-state index contributed by atoms with van der Waals surface area (Å²) in [4.78, 5) is 27.8. The van der Waals surface area contributed by atoms with Crippen LogP contribution in [0, 0.1) is 24.6 Å². The van der Waals surface area contributed by atoms with Crippen molar-refractivity contribution in [2.45, 2.75) is 37.5 Å². The van der Waals surface area contributed by atoms with Crippen molar-refractivity contribution in [3.63, 3.8) is 0 Å². The predicted octanol–water partition coefficient (Wildman–Crippen LogP) is 3.35. The maximum absolute atomic E-state index is 13.3. The molecule has 5 rings (SSSR count). The third-order valence-electron chi connectivity index (χ3n) is 6.31. The number of carbonyl (C=O) groups is 1. The van der Waals surface area contributed by atoms with Crippen molar-refractivity contribution in [2.75, 3.05) is 16.5 Å². The van der Waals surface area contributed by atoms with Gasteiger partial charge in [0.1, 0.15) is 6.04 Å². The van der Waals surface area contributed by atoms with Gasteiger partial charge in [-0.1, -0.05) is 24.8 Å². The van der Waals surface area contributed by atoms with Crippen LogP contribution >= 0.6 is 11.8 Å². The van der Waals surface area contributed by atoms with Crippen LogP contribution in [0.3, 0.4) is 0 Å². The molecule has 32 heavy (non-hydrogen) atoms. The molecule has 1 aliphatic heterocycles. The van der Waals surface area contributed by atoms with Gasteiger partial charge >= 0.3 is 0 Å². The van der Waals surface area contributed by atoms with E-state index in [0.29, 0.717) is 34.3 Å². The molecule has 2 aromatic heterocycles. The number of fused-ring (bicyclic) bond motifs is 1. The average molecular weight is 452 g/mol. The summed E-state index contributed by atoms with van der Waals surface area (Å²) in [5, 5.41) is 12.1. The number of nitrogens with one attached hydrogen (secondary N) is 1. The van der Waals surface area contributed by atoms with Crippen LogP contribution in [0.2, 0.25) is 0 Å². The minimum Gasteiger partial charge on any atom is -0.338 e. The molecular formula is C22H22FN7OS. The zero-order valence-corrected chi connectivity index (χ0v) is 18.7. The van der Waals surface area contributed by atoms with Crippen LogP contribution in [-0.2, 0) is 4.79 Å². The Balaban J connectivity index is 1.38. The van der Waals surface area contributed by atoms with Crippen molar-refractivity contribution in [3.8, 4) is 11.4 Å². The second-order valence-corrected chi connectivity index (χ2v) is 8.99. The smallest absolute Gasteiger partial charge is 0.247 e. The lowest BCUT2D eigenvalue weighted by molar-refractivity contribution is -0.117. The molecule has 1 aliphatic carbocycles. The lowest BCUT2D eigenvalue weighted by Crippen LogP contribution is -2.43. The minimum atomic E-state index is -0.492. The normalized spacial score (nSPS) is 23.7. The van der Waals surface area contributed by atoms with Crippen molar-refractivity contribution in [2.24, 2.45) is 11.8 Å². The molecule has 4 atom stereocenters. The van der Waals surface area contributed by atoms with Gasteiger partial charge in [-0.25, -0.2) is 19.3 Å². The first-order valence-corrected chi connectivity index (χ1v) is 11.6. The van der Waals surface area contributed by atoms with Crippen LogP contribution < -0.4 is 10.2 Å². The molecule has 0 spiro atoms. The number of aryl methyl sites for hydroxylation is 1. The molecule has 1 aromatic carbocycles. The molecule has 1 saturated heterocycles. The molecule has 0 unspecified atom stereocenters. The highest BCUT2D eigenvalue weighted by Crippen LogP contribution is 2.54. The average Bonchev–Trinajstić information content (AvgIpc) is 3.24. The molecule has 0 radical (unpaired) electrons. The quantitative estimate of drug-likeness (QED) is 0.590. The summed E-state index contributed by atoms with van der Waals surface area (Å²) in [6.07, 6.45) is 6.63. The second-order valence-electron chi connectivity index (χ2n) is 8.22. The molecule has 164 valence electrons. The summed E-state index contributed by atoms with van der Waals surface area (Å²) in [6, 6.07) is 5.49. The highest BCUT2D eigenvalue weighted by molar-refractivity contribution is 7.98. The number of amides is 1. The first-order chi connectivity index (χ1) is 15.5. The Bertz CT molecular complexity index is 1160. The van der Waals surface area contributed by atoms with Gasteiger partial charge < -0.3 is 10.2 Å². The van der Waals surface area contributed by atoms with Gasteiger partial charge in [-0.05, 0) is 49.1 Å². The monoisotopic (exact) mass is 451 g/mol. The summed E-state index contributed by atoms with van der Waals surface area (Å²) in [5.41, 5.74) is 2.31. The van der Waals surface area contributed by atoms with E-state index in [0.717, 1.165) is 29.9 Å². The highest BCUT2D eigenvalue weighted by atomic mass is 32.2. The number of hydrogen-bond donors (Lipinski definition) is 1. The third kappa shape index (κ3) is 3.68. The molecule has 1 N–H and O–H groups in total. The number of halogens is 1. The minimum absolute atomic E-state index is 0.102. The van der Waals surface area contributed by atoms with Gasteiger partial charge in [0.2, 0.25) is 11.1 Å². The van der Waals surface area contributed by atoms with Gasteiger partial charge in [-0.15, -0.1) is 10.2 Å². The molecular weight excluding hydrogens is 429 g/mol. The van der Waals surface area contributed by atoms with E-state index in [1.54, 1.807) is 6.20 Å². The largest absolute Gasteiger partial charge is 0.338 e. The van der Waals surface area contributed by atoms with Crippen LogP contribution in [0.25, 0.3) is 11.4 Å². The number of anilines is 2. The Morgan fingerprint density at radius 1 is 1.19 bits per heavy atom. The van der Waals surface area contributed by atoms with E-state index in [1.165, 1.54) is 11.8 Å². The molecule has 8 nitrogen and oxygen atoms in total. The van der Waals surface area contributed by atoms with Gasteiger partial charge in [0.05, 0.1) is 18.6 Å². The van der Waals surface area contributed by atoms with Gasteiger partial charge in [-0.3, -0.25) is 4.79 Å². The summed E-state index contributed by atoms with van der Waals surface area (Å²) in [5.74, 6) is 1.43. The van der Waals surface area contributed by atoms with E-state index in [-0.39, 0.29) is 18.0 Å². The number of thioether (sulfide) groups is 1. The van der Waals surface area contributed by atoms with E-state index in [4.69, 9.17) is 0 Å². The standard InChI is InChI=1S/C22H22FN7OS/c1-11-4-5-14(6-15(11)20-24-8-13(23)9-25-20)27-21(31)17-7-16-12(2)19(16)30(17)18-10-26-22(32-3)29-28-18/h4-6,8-10,12,16-17,19H,7H2,1-3H3,(H,27,31)/t12-,16+,17-,19-/m1/s1. The Kier molecular flexibility index (Phi) is 5.24. The fourth-order valence-corrected chi connectivity index (χ4v) is 4.83. The number of piperidine rings is 1. The van der Waals surface area contributed by atoms with Crippen molar-refractivity contribution in [1.82, 2.24) is 25.1 Å². The number of rotatable bonds is 5. The van der Waals surface area contributed by atoms with Crippen LogP contribution in [0.4, 0.5) is 15.9 Å². The maximum atomic E-state index is 13.3. The fraction of sp³-hybridized carbons (Fsp3) is 0.364. The van der Waals surface area contributed by atoms with Gasteiger partial charge in [-0.2, -0.15) is 0 Å². The summed E-state index contributed by atoms with van der Waals surface area (Å²) >= 11 is 1.43. The second kappa shape index (κ2) is 8.09. The number of hydrogen-bond acceptors (Lipinski definition) is 8. The summed E-state index contributed by atoms with van der Waals surface area (Å²) < 4.78 is 13.2. The molecule has 2 fully saturated rings. The lowest BCUT2D eigenvalue weighted by atomic mass is 10.1. The van der Waals surface area contributed by atoms with Crippen LogP contribution in [-0.4, -0.2) is 49.4 Å². The molecule has 10 heteroatoms. The SMILES string of the molecule is CSc1ncc(N2[C@@H]3[C@H](C)[C@@H]3C[C@@H]2C(=O)Nc2ccc(C)c(-c3ncc(F)cn3)c2)nn1. The van der Waals surface area contributed by atoms with E-state index < -0.39 is 5.82 Å². The number of carbonyl (C=O) groups excluding carboxylic acids is 1. The van der Waals surface area contributed by atoms with Gasteiger partial charge in [0.25, 0.3) is 0 Å². The van der Waals surface area contributed by atoms with E-state index in [1.807, 2.05) is 31.4 Å². The van der Waals surface area contributed by atoms with Gasteiger partial charge in [0, 0.05) is 17.3 Å². The van der Waals surface area contributed by atoms with Crippen molar-refractivity contribution < 1.29 is 9.18 Å². The molecule has 3 heterocycles. The number of benzene rings is 1. The number of aromatic nitrogens is 5. The molecule has 1 amide bonds. The topological polar surface area (TPSA) is 96.8 Å². The fourth-order valence-electron chi connectivity index (χ4n) is 4.55. The number of nitrogens with zero attached hydrogens (tertiary/aromatic N) is 6. The Labute approximate surface area is 189 Å². The third-order valence-corrected chi connectivity index (χ3v) is 6.86. The first kappa shape index (κ1) is 20.7. The predicted molar refractivity (Wildman–Crippen MR) is 120 cm³/mol. The lowest BCUT2D eigenvalue weighted by Gasteiger charge is -2.28. The zero-order chi connectivity index (χ0) is 22.4. The van der Waals surface area contributed by atoms with Crippen LogP contribution in [0.5, 0.6) is 0 Å². The Hall–Kier alpha value is -3.14. The van der Waals surface area contributed by atoms with Crippen molar-refractivity contribution in [1.29, 1.82) is 0 Å². The summed E-state index contributed by atoms with van der Waals surface area (Å²) in [7, 11) is 0. The van der Waals surface area contributed by atoms with Crippen molar-refractivity contribution in [3.05, 3.63) is 48.2 Å².